The van der Waals surface area contributed by atoms with Crippen molar-refractivity contribution in [3.8, 4) is 22.9 Å². The van der Waals surface area contributed by atoms with Gasteiger partial charge in [0.05, 0.1) is 25.3 Å². The second kappa shape index (κ2) is 11.5. The Morgan fingerprint density at radius 1 is 1.02 bits per heavy atom. The number of hydrogen-bond donors (Lipinski definition) is 2. The number of aliphatic carboxylic acids is 1. The molecule has 14 heteroatoms. The highest BCUT2D eigenvalue weighted by Gasteiger charge is 2.49. The zero-order valence-corrected chi connectivity index (χ0v) is 22.5. The first-order valence-electron chi connectivity index (χ1n) is 12.1. The molecule has 1 heterocycles. The van der Waals surface area contributed by atoms with Crippen LogP contribution in [0.5, 0.6) is 11.6 Å². The molecule has 0 saturated carbocycles. The van der Waals surface area contributed by atoms with Gasteiger partial charge >= 0.3 is 21.6 Å². The molecule has 2 N–H and O–H groups in total. The van der Waals surface area contributed by atoms with Crippen molar-refractivity contribution >= 4 is 32.8 Å². The number of methoxy groups -OCH3 is 1. The van der Waals surface area contributed by atoms with Gasteiger partial charge in [0, 0.05) is 23.7 Å². The van der Waals surface area contributed by atoms with Gasteiger partial charge in [0.2, 0.25) is 0 Å². The van der Waals surface area contributed by atoms with Crippen LogP contribution in [0.4, 0.5) is 13.2 Å². The summed E-state index contributed by atoms with van der Waals surface area (Å²) in [6.07, 6.45) is -0.236. The third kappa shape index (κ3) is 6.60. The van der Waals surface area contributed by atoms with Crippen molar-refractivity contribution in [3.63, 3.8) is 0 Å². The zero-order chi connectivity index (χ0) is 29.9. The van der Waals surface area contributed by atoms with Crippen molar-refractivity contribution in [1.82, 2.24) is 15.1 Å². The molecule has 0 aliphatic carbocycles. The van der Waals surface area contributed by atoms with Crippen molar-refractivity contribution in [1.29, 1.82) is 0 Å². The fourth-order valence-corrected chi connectivity index (χ4v) is 4.43. The van der Waals surface area contributed by atoms with Gasteiger partial charge in [-0.1, -0.05) is 30.3 Å². The maximum absolute atomic E-state index is 13.0. The lowest BCUT2D eigenvalue weighted by Gasteiger charge is -2.17. The molecule has 1 atom stereocenters. The number of fused-ring (bicyclic) bond motifs is 1. The average molecular weight is 592 g/mol. The smallest absolute Gasteiger partial charge is 0.497 e. The van der Waals surface area contributed by atoms with Gasteiger partial charge in [0.1, 0.15) is 5.75 Å². The van der Waals surface area contributed by atoms with E-state index in [4.69, 9.17) is 9.84 Å². The Morgan fingerprint density at radius 3 is 2.32 bits per heavy atom. The van der Waals surface area contributed by atoms with Crippen LogP contribution in [-0.4, -0.2) is 54.3 Å². The molecule has 0 radical (unpaired) electrons. The van der Waals surface area contributed by atoms with Crippen LogP contribution in [0.3, 0.4) is 0 Å². The van der Waals surface area contributed by atoms with Crippen LogP contribution in [0.25, 0.3) is 22.0 Å². The Hall–Kier alpha value is -4.59. The molecular formula is C27H24F3N3O7S. The molecule has 4 aromatic rings. The number of alkyl halides is 3. The molecule has 216 valence electrons. The SMILES string of the molecule is COc1ccc2cc(-c3cc(OS(=O)(=O)C(F)(F)F)nn3C(C)c3ccc(C(=O)NCCC(=O)O)cc3)ccc2c1. The summed E-state index contributed by atoms with van der Waals surface area (Å²) in [6, 6.07) is 17.3. The van der Waals surface area contributed by atoms with Crippen molar-refractivity contribution in [2.45, 2.75) is 24.9 Å². The lowest BCUT2D eigenvalue weighted by atomic mass is 10.0. The Morgan fingerprint density at radius 2 is 1.68 bits per heavy atom. The number of rotatable bonds is 10. The summed E-state index contributed by atoms with van der Waals surface area (Å²) in [4.78, 5) is 22.9. The zero-order valence-electron chi connectivity index (χ0n) is 21.7. The van der Waals surface area contributed by atoms with Crippen LogP contribution in [0.15, 0.2) is 66.7 Å². The van der Waals surface area contributed by atoms with E-state index in [1.807, 2.05) is 6.07 Å². The normalized spacial score (nSPS) is 12.6. The Labute approximate surface area is 232 Å². The van der Waals surface area contributed by atoms with Crippen molar-refractivity contribution < 1.29 is 45.2 Å². The Balaban J connectivity index is 1.71. The fraction of sp³-hybridized carbons (Fsp3) is 0.222. The van der Waals surface area contributed by atoms with E-state index in [1.54, 1.807) is 49.4 Å². The molecule has 1 amide bonds. The first-order chi connectivity index (χ1) is 19.3. The lowest BCUT2D eigenvalue weighted by Crippen LogP contribution is -2.28. The lowest BCUT2D eigenvalue weighted by molar-refractivity contribution is -0.136. The number of hydrogen-bond acceptors (Lipinski definition) is 7. The summed E-state index contributed by atoms with van der Waals surface area (Å²) < 4.78 is 73.3. The number of amides is 1. The number of nitrogens with zero attached hydrogens (tertiary/aromatic N) is 2. The van der Waals surface area contributed by atoms with E-state index < -0.39 is 39.4 Å². The molecule has 1 unspecified atom stereocenters. The summed E-state index contributed by atoms with van der Waals surface area (Å²) in [5.74, 6) is -1.67. The van der Waals surface area contributed by atoms with Gasteiger partial charge in [-0.2, -0.15) is 21.6 Å². The molecule has 0 aliphatic heterocycles. The van der Waals surface area contributed by atoms with Gasteiger partial charge in [-0.05, 0) is 53.6 Å². The number of aromatic nitrogens is 2. The van der Waals surface area contributed by atoms with Crippen molar-refractivity contribution in [2.75, 3.05) is 13.7 Å². The minimum atomic E-state index is -5.97. The number of carboxylic acid groups (broad SMARTS) is 1. The Bertz CT molecular complexity index is 1700. The van der Waals surface area contributed by atoms with Gasteiger partial charge < -0.3 is 19.3 Å². The number of nitrogens with one attached hydrogen (secondary N) is 1. The first-order valence-corrected chi connectivity index (χ1v) is 13.5. The number of carboxylic acids is 1. The molecule has 0 saturated heterocycles. The molecule has 0 spiro atoms. The third-order valence-electron chi connectivity index (χ3n) is 6.18. The molecule has 0 fully saturated rings. The standard InChI is InChI=1S/C27H24F3N3O7S/c1-16(17-3-5-18(6-4-17)26(36)31-12-11-25(34)35)33-23(15-24(32-33)40-41(37,38)27(28,29)30)21-8-7-20-14-22(39-2)10-9-19(20)13-21/h3-10,13-16H,11-12H2,1-2H3,(H,31,36)(H,34,35). The van der Waals surface area contributed by atoms with Crippen LogP contribution in [0.1, 0.15) is 35.3 Å². The van der Waals surface area contributed by atoms with Crippen LogP contribution in [0.2, 0.25) is 0 Å². The molecule has 3 aromatic carbocycles. The van der Waals surface area contributed by atoms with E-state index in [0.29, 0.717) is 16.9 Å². The van der Waals surface area contributed by atoms with Gasteiger partial charge in [0.25, 0.3) is 11.8 Å². The molecule has 4 rings (SSSR count). The maximum atomic E-state index is 13.0. The van der Waals surface area contributed by atoms with Gasteiger partial charge in [0.15, 0.2) is 0 Å². The van der Waals surface area contributed by atoms with Gasteiger partial charge in [-0.3, -0.25) is 14.3 Å². The minimum absolute atomic E-state index is 0.0505. The van der Waals surface area contributed by atoms with Gasteiger partial charge in [-0.15, -0.1) is 5.10 Å². The average Bonchev–Trinajstić information content (AvgIpc) is 3.34. The summed E-state index contributed by atoms with van der Waals surface area (Å²) in [5, 5.41) is 16.9. The number of carbonyl (C=O) groups excluding carboxylic acids is 1. The maximum Gasteiger partial charge on any atom is 0.534 e. The molecule has 0 bridgehead atoms. The van der Waals surface area contributed by atoms with Crippen LogP contribution < -0.4 is 14.2 Å². The van der Waals surface area contributed by atoms with Gasteiger partial charge in [-0.25, -0.2) is 0 Å². The summed E-state index contributed by atoms with van der Waals surface area (Å²) in [7, 11) is -4.44. The second-order valence-electron chi connectivity index (χ2n) is 8.92. The minimum Gasteiger partial charge on any atom is -0.497 e. The first kappa shape index (κ1) is 29.4. The largest absolute Gasteiger partial charge is 0.534 e. The number of benzene rings is 3. The van der Waals surface area contributed by atoms with Crippen LogP contribution in [0, 0.1) is 0 Å². The molecule has 10 nitrogen and oxygen atoms in total. The molecular weight excluding hydrogens is 567 g/mol. The van der Waals surface area contributed by atoms with E-state index >= 15 is 0 Å². The number of carbonyl (C=O) groups is 2. The number of halogens is 3. The van der Waals surface area contributed by atoms with Crippen LogP contribution in [-0.2, 0) is 14.9 Å². The summed E-state index contributed by atoms with van der Waals surface area (Å²) >= 11 is 0. The predicted octanol–water partition coefficient (Wildman–Crippen LogP) is 4.75. The molecule has 41 heavy (non-hydrogen) atoms. The topological polar surface area (TPSA) is 137 Å². The predicted molar refractivity (Wildman–Crippen MR) is 142 cm³/mol. The van der Waals surface area contributed by atoms with E-state index in [0.717, 1.165) is 16.8 Å². The van der Waals surface area contributed by atoms with E-state index in [2.05, 4.69) is 14.6 Å². The fourth-order valence-electron chi connectivity index (χ4n) is 4.03. The highest BCUT2D eigenvalue weighted by atomic mass is 32.2. The van der Waals surface area contributed by atoms with E-state index in [9.17, 15) is 31.2 Å². The monoisotopic (exact) mass is 591 g/mol. The quantitative estimate of drug-likeness (QED) is 0.199. The molecule has 0 aliphatic rings. The second-order valence-corrected chi connectivity index (χ2v) is 10.5. The molecule has 1 aromatic heterocycles. The number of ether oxygens (including phenoxy) is 1. The van der Waals surface area contributed by atoms with Crippen molar-refractivity contribution in [2.24, 2.45) is 0 Å². The van der Waals surface area contributed by atoms with E-state index in [1.165, 1.54) is 23.9 Å². The Kier molecular flexibility index (Phi) is 8.24. The van der Waals surface area contributed by atoms with Crippen LogP contribution >= 0.6 is 0 Å². The van der Waals surface area contributed by atoms with E-state index in [-0.39, 0.29) is 24.2 Å². The van der Waals surface area contributed by atoms with Crippen molar-refractivity contribution in [3.05, 3.63) is 77.9 Å². The third-order valence-corrected chi connectivity index (χ3v) is 7.14. The highest BCUT2D eigenvalue weighted by molar-refractivity contribution is 7.87. The highest BCUT2D eigenvalue weighted by Crippen LogP contribution is 2.34. The summed E-state index contributed by atoms with van der Waals surface area (Å²) in [5.41, 5.74) is -4.00. The summed E-state index contributed by atoms with van der Waals surface area (Å²) in [6.45, 7) is 1.64.